The van der Waals surface area contributed by atoms with Crippen LogP contribution in [0.25, 0.3) is 0 Å². The van der Waals surface area contributed by atoms with Gasteiger partial charge < -0.3 is 10.2 Å². The van der Waals surface area contributed by atoms with Gasteiger partial charge >= 0.3 is 0 Å². The summed E-state index contributed by atoms with van der Waals surface area (Å²) in [5, 5.41) is 11.8. The van der Waals surface area contributed by atoms with Crippen molar-refractivity contribution in [2.45, 2.75) is 25.8 Å². The van der Waals surface area contributed by atoms with E-state index >= 15 is 0 Å². The number of piperazine rings is 1. The molecule has 0 bridgehead atoms. The van der Waals surface area contributed by atoms with Gasteiger partial charge in [-0.2, -0.15) is 5.26 Å². The highest BCUT2D eigenvalue weighted by Crippen LogP contribution is 2.00. The normalized spacial score (nSPS) is 25.2. The van der Waals surface area contributed by atoms with Crippen molar-refractivity contribution in [3.63, 3.8) is 0 Å². The molecule has 1 N–H and O–H groups in total. The Bertz CT molecular complexity index is 162. The summed E-state index contributed by atoms with van der Waals surface area (Å²) < 4.78 is 0. The lowest BCUT2D eigenvalue weighted by Gasteiger charge is -2.31. The molecule has 1 saturated heterocycles. The first-order valence-electron chi connectivity index (χ1n) is 4.65. The van der Waals surface area contributed by atoms with Crippen molar-refractivity contribution in [1.29, 1.82) is 5.26 Å². The minimum atomic E-state index is 0.612. The average molecular weight is 167 g/mol. The molecule has 0 saturated carbocycles. The standard InChI is InChI=1S/C9H17N3/c1-9-8-12(7-5-11-9)6-3-2-4-10/h9,11H,2-3,5-8H2,1H3. The fourth-order valence-electron chi connectivity index (χ4n) is 1.60. The lowest BCUT2D eigenvalue weighted by Crippen LogP contribution is -2.49. The third kappa shape index (κ3) is 3.21. The van der Waals surface area contributed by atoms with E-state index in [1.165, 1.54) is 0 Å². The molecule has 68 valence electrons. The van der Waals surface area contributed by atoms with E-state index in [1.807, 2.05) is 0 Å². The van der Waals surface area contributed by atoms with Gasteiger partial charge in [0.2, 0.25) is 0 Å². The zero-order valence-corrected chi connectivity index (χ0v) is 7.71. The van der Waals surface area contributed by atoms with Gasteiger partial charge in [-0.05, 0) is 19.9 Å². The summed E-state index contributed by atoms with van der Waals surface area (Å²) in [6.45, 7) is 6.64. The Balaban J connectivity index is 2.11. The first-order valence-corrected chi connectivity index (χ1v) is 4.65. The predicted octanol–water partition coefficient (Wildman–Crippen LogP) is 0.584. The van der Waals surface area contributed by atoms with E-state index in [9.17, 15) is 0 Å². The number of nitriles is 1. The van der Waals surface area contributed by atoms with Crippen LogP contribution in [0.4, 0.5) is 0 Å². The second kappa shape index (κ2) is 5.13. The summed E-state index contributed by atoms with van der Waals surface area (Å²) in [4.78, 5) is 2.43. The number of hydrogen-bond acceptors (Lipinski definition) is 3. The quantitative estimate of drug-likeness (QED) is 0.625. The minimum Gasteiger partial charge on any atom is -0.312 e. The van der Waals surface area contributed by atoms with Gasteiger partial charge in [0, 0.05) is 32.1 Å². The van der Waals surface area contributed by atoms with Gasteiger partial charge in [-0.3, -0.25) is 0 Å². The Kier molecular flexibility index (Phi) is 4.06. The van der Waals surface area contributed by atoms with Crippen molar-refractivity contribution in [1.82, 2.24) is 10.2 Å². The molecule has 1 heterocycles. The molecule has 1 fully saturated rings. The second-order valence-electron chi connectivity index (χ2n) is 3.42. The third-order valence-corrected chi connectivity index (χ3v) is 2.22. The topological polar surface area (TPSA) is 39.1 Å². The van der Waals surface area contributed by atoms with Crippen LogP contribution in [0.2, 0.25) is 0 Å². The average Bonchev–Trinajstić information content (AvgIpc) is 2.05. The summed E-state index contributed by atoms with van der Waals surface area (Å²) >= 11 is 0. The van der Waals surface area contributed by atoms with Crippen molar-refractivity contribution >= 4 is 0 Å². The summed E-state index contributed by atoms with van der Waals surface area (Å²) in [5.41, 5.74) is 0. The minimum absolute atomic E-state index is 0.612. The van der Waals surface area contributed by atoms with E-state index < -0.39 is 0 Å². The number of unbranched alkanes of at least 4 members (excludes halogenated alkanes) is 1. The van der Waals surface area contributed by atoms with Crippen molar-refractivity contribution < 1.29 is 0 Å². The van der Waals surface area contributed by atoms with Gasteiger partial charge in [0.25, 0.3) is 0 Å². The van der Waals surface area contributed by atoms with Gasteiger partial charge in [-0.1, -0.05) is 0 Å². The SMILES string of the molecule is CC1CN(CCCC#N)CCN1. The molecule has 0 aromatic heterocycles. The lowest BCUT2D eigenvalue weighted by molar-refractivity contribution is 0.206. The van der Waals surface area contributed by atoms with Crippen LogP contribution in [-0.2, 0) is 0 Å². The highest BCUT2D eigenvalue weighted by atomic mass is 15.2. The molecular weight excluding hydrogens is 150 g/mol. The summed E-state index contributed by atoms with van der Waals surface area (Å²) in [5.74, 6) is 0. The maximum atomic E-state index is 8.37. The highest BCUT2D eigenvalue weighted by Gasteiger charge is 2.13. The Morgan fingerprint density at radius 3 is 3.17 bits per heavy atom. The van der Waals surface area contributed by atoms with Crippen LogP contribution in [0, 0.1) is 11.3 Å². The number of rotatable bonds is 3. The van der Waals surface area contributed by atoms with Gasteiger partial charge in [0.1, 0.15) is 0 Å². The Morgan fingerprint density at radius 2 is 2.50 bits per heavy atom. The van der Waals surface area contributed by atoms with Gasteiger partial charge in [-0.15, -0.1) is 0 Å². The van der Waals surface area contributed by atoms with Gasteiger partial charge in [-0.25, -0.2) is 0 Å². The highest BCUT2D eigenvalue weighted by molar-refractivity contribution is 4.76. The largest absolute Gasteiger partial charge is 0.312 e. The van der Waals surface area contributed by atoms with E-state index in [0.29, 0.717) is 12.5 Å². The lowest BCUT2D eigenvalue weighted by atomic mass is 10.2. The van der Waals surface area contributed by atoms with Crippen LogP contribution < -0.4 is 5.32 Å². The third-order valence-electron chi connectivity index (χ3n) is 2.22. The summed E-state index contributed by atoms with van der Waals surface area (Å²) in [6, 6.07) is 2.79. The smallest absolute Gasteiger partial charge is 0.0622 e. The van der Waals surface area contributed by atoms with Crippen LogP contribution in [0.5, 0.6) is 0 Å². The van der Waals surface area contributed by atoms with Gasteiger partial charge in [0.05, 0.1) is 6.07 Å². The van der Waals surface area contributed by atoms with E-state index in [2.05, 4.69) is 23.2 Å². The molecule has 1 atom stereocenters. The molecule has 0 radical (unpaired) electrons. The van der Waals surface area contributed by atoms with E-state index in [0.717, 1.165) is 32.6 Å². The number of hydrogen-bond donors (Lipinski definition) is 1. The van der Waals surface area contributed by atoms with Crippen LogP contribution in [0.3, 0.4) is 0 Å². The van der Waals surface area contributed by atoms with E-state index in [1.54, 1.807) is 0 Å². The first-order chi connectivity index (χ1) is 5.83. The molecule has 1 aliphatic rings. The van der Waals surface area contributed by atoms with E-state index in [4.69, 9.17) is 5.26 Å². The second-order valence-corrected chi connectivity index (χ2v) is 3.42. The molecule has 3 heteroatoms. The molecule has 0 aromatic rings. The molecule has 0 aliphatic carbocycles. The van der Waals surface area contributed by atoms with Crippen LogP contribution in [0.15, 0.2) is 0 Å². The van der Waals surface area contributed by atoms with Crippen LogP contribution in [-0.4, -0.2) is 37.1 Å². The van der Waals surface area contributed by atoms with Gasteiger partial charge in [0.15, 0.2) is 0 Å². The predicted molar refractivity (Wildman–Crippen MR) is 48.8 cm³/mol. The fourth-order valence-corrected chi connectivity index (χ4v) is 1.60. The molecule has 0 spiro atoms. The molecule has 0 amide bonds. The summed E-state index contributed by atoms with van der Waals surface area (Å²) in [6.07, 6.45) is 1.71. The number of nitrogens with one attached hydrogen (secondary N) is 1. The molecule has 12 heavy (non-hydrogen) atoms. The molecule has 3 nitrogen and oxygen atoms in total. The molecule has 0 aromatic carbocycles. The van der Waals surface area contributed by atoms with Crippen LogP contribution in [0.1, 0.15) is 19.8 Å². The number of nitrogens with zero attached hydrogens (tertiary/aromatic N) is 2. The van der Waals surface area contributed by atoms with Crippen LogP contribution >= 0.6 is 0 Å². The maximum Gasteiger partial charge on any atom is 0.0622 e. The molecule has 1 rings (SSSR count). The zero-order chi connectivity index (χ0) is 8.81. The zero-order valence-electron chi connectivity index (χ0n) is 7.71. The van der Waals surface area contributed by atoms with Crippen molar-refractivity contribution in [2.75, 3.05) is 26.2 Å². The monoisotopic (exact) mass is 167 g/mol. The van der Waals surface area contributed by atoms with Crippen molar-refractivity contribution in [2.24, 2.45) is 0 Å². The van der Waals surface area contributed by atoms with Crippen molar-refractivity contribution in [3.8, 4) is 6.07 Å². The fraction of sp³-hybridized carbons (Fsp3) is 0.889. The van der Waals surface area contributed by atoms with E-state index in [-0.39, 0.29) is 0 Å². The van der Waals surface area contributed by atoms with Crippen molar-refractivity contribution in [3.05, 3.63) is 0 Å². The summed E-state index contributed by atoms with van der Waals surface area (Å²) in [7, 11) is 0. The molecular formula is C9H17N3. The Hall–Kier alpha value is -0.590. The molecule has 1 unspecified atom stereocenters. The first kappa shape index (κ1) is 9.50. The molecule has 1 aliphatic heterocycles. The maximum absolute atomic E-state index is 8.37. The Labute approximate surface area is 74.4 Å². The Morgan fingerprint density at radius 1 is 1.67 bits per heavy atom.